The second-order valence-electron chi connectivity index (χ2n) is 7.25. The third-order valence-corrected chi connectivity index (χ3v) is 5.45. The van der Waals surface area contributed by atoms with Gasteiger partial charge in [0.05, 0.1) is 0 Å². The van der Waals surface area contributed by atoms with Crippen LogP contribution >= 0.6 is 0 Å². The molecule has 0 aliphatic heterocycles. The summed E-state index contributed by atoms with van der Waals surface area (Å²) >= 11 is 0. The van der Waals surface area contributed by atoms with Gasteiger partial charge in [0.25, 0.3) is 0 Å². The van der Waals surface area contributed by atoms with Crippen LogP contribution in [0.15, 0.2) is 66.7 Å². The SMILES string of the molecule is Cc1cc(C)c(-c2cc3cccc4ccc5cccc2c5c43)c(C)c1. The lowest BCUT2D eigenvalue weighted by Crippen LogP contribution is -1.93. The summed E-state index contributed by atoms with van der Waals surface area (Å²) in [5, 5.41) is 8.12. The van der Waals surface area contributed by atoms with Gasteiger partial charge >= 0.3 is 0 Å². The van der Waals surface area contributed by atoms with E-state index in [2.05, 4.69) is 87.5 Å². The molecule has 0 aliphatic carbocycles. The highest BCUT2D eigenvalue weighted by molar-refractivity contribution is 6.26. The summed E-state index contributed by atoms with van der Waals surface area (Å²) in [5.74, 6) is 0. The van der Waals surface area contributed by atoms with E-state index in [1.807, 2.05) is 0 Å². The van der Waals surface area contributed by atoms with E-state index in [4.69, 9.17) is 0 Å². The van der Waals surface area contributed by atoms with Crippen LogP contribution in [0.2, 0.25) is 0 Å². The highest BCUT2D eigenvalue weighted by atomic mass is 14.2. The molecule has 0 radical (unpaired) electrons. The maximum Gasteiger partial charge on any atom is -0.00206 e. The summed E-state index contributed by atoms with van der Waals surface area (Å²) < 4.78 is 0. The molecule has 0 aliphatic rings. The van der Waals surface area contributed by atoms with Gasteiger partial charge in [-0.05, 0) is 81.4 Å². The van der Waals surface area contributed by atoms with Crippen molar-refractivity contribution in [1.82, 2.24) is 0 Å². The fourth-order valence-corrected chi connectivity index (χ4v) is 4.57. The van der Waals surface area contributed by atoms with Crippen LogP contribution in [0.4, 0.5) is 0 Å². The molecule has 0 saturated carbocycles. The summed E-state index contributed by atoms with van der Waals surface area (Å²) in [6.07, 6.45) is 0. The lowest BCUT2D eigenvalue weighted by molar-refractivity contribution is 1.32. The molecule has 0 nitrogen and oxygen atoms in total. The van der Waals surface area contributed by atoms with Gasteiger partial charge in [-0.3, -0.25) is 0 Å². The van der Waals surface area contributed by atoms with Crippen LogP contribution < -0.4 is 0 Å². The van der Waals surface area contributed by atoms with Crippen LogP contribution in [0.5, 0.6) is 0 Å². The largest absolute Gasteiger partial charge is 0.0610 e. The van der Waals surface area contributed by atoms with E-state index in [1.165, 1.54) is 60.1 Å². The lowest BCUT2D eigenvalue weighted by atomic mass is 9.86. The van der Waals surface area contributed by atoms with Crippen molar-refractivity contribution in [2.45, 2.75) is 20.8 Å². The molecule has 0 spiro atoms. The molecule has 0 heteroatoms. The number of rotatable bonds is 1. The molecule has 0 aromatic heterocycles. The average Bonchev–Trinajstić information content (AvgIpc) is 2.59. The smallest absolute Gasteiger partial charge is 0.00206 e. The number of hydrogen-bond donors (Lipinski definition) is 0. The van der Waals surface area contributed by atoms with Gasteiger partial charge in [-0.2, -0.15) is 0 Å². The second-order valence-corrected chi connectivity index (χ2v) is 7.25. The van der Waals surface area contributed by atoms with Gasteiger partial charge in [-0.15, -0.1) is 0 Å². The van der Waals surface area contributed by atoms with E-state index < -0.39 is 0 Å². The van der Waals surface area contributed by atoms with Gasteiger partial charge in [0.2, 0.25) is 0 Å². The zero-order valence-corrected chi connectivity index (χ0v) is 14.9. The lowest BCUT2D eigenvalue weighted by Gasteiger charge is -2.18. The predicted octanol–water partition coefficient (Wildman–Crippen LogP) is 7.18. The summed E-state index contributed by atoms with van der Waals surface area (Å²) in [7, 11) is 0. The maximum absolute atomic E-state index is 2.38. The second kappa shape index (κ2) is 5.07. The van der Waals surface area contributed by atoms with Crippen LogP contribution in [-0.4, -0.2) is 0 Å². The van der Waals surface area contributed by atoms with Crippen molar-refractivity contribution in [2.24, 2.45) is 0 Å². The molecular weight excluding hydrogens is 300 g/mol. The van der Waals surface area contributed by atoms with E-state index in [0.717, 1.165) is 0 Å². The molecule has 0 heterocycles. The summed E-state index contributed by atoms with van der Waals surface area (Å²) in [6, 6.07) is 24.8. The van der Waals surface area contributed by atoms with E-state index in [-0.39, 0.29) is 0 Å². The van der Waals surface area contributed by atoms with Gasteiger partial charge in [0.1, 0.15) is 0 Å². The minimum Gasteiger partial charge on any atom is -0.0610 e. The first kappa shape index (κ1) is 14.5. The van der Waals surface area contributed by atoms with Crippen molar-refractivity contribution in [3.05, 3.63) is 83.4 Å². The van der Waals surface area contributed by atoms with Crippen molar-refractivity contribution in [1.29, 1.82) is 0 Å². The predicted molar refractivity (Wildman–Crippen MR) is 110 cm³/mol. The number of hydrogen-bond acceptors (Lipinski definition) is 0. The minimum atomic E-state index is 1.32. The maximum atomic E-state index is 2.38. The molecule has 0 N–H and O–H groups in total. The first-order valence-corrected chi connectivity index (χ1v) is 8.88. The monoisotopic (exact) mass is 320 g/mol. The van der Waals surface area contributed by atoms with Gasteiger partial charge in [-0.25, -0.2) is 0 Å². The Balaban J connectivity index is 2.04. The molecule has 0 amide bonds. The molecule has 0 bridgehead atoms. The normalized spacial score (nSPS) is 11.8. The summed E-state index contributed by atoms with van der Waals surface area (Å²) in [6.45, 7) is 6.64. The molecular formula is C25H20. The van der Waals surface area contributed by atoms with Crippen LogP contribution in [0.25, 0.3) is 43.4 Å². The fraction of sp³-hybridized carbons (Fsp3) is 0.120. The Hall–Kier alpha value is -2.86. The molecule has 25 heavy (non-hydrogen) atoms. The van der Waals surface area contributed by atoms with Crippen LogP contribution in [-0.2, 0) is 0 Å². The van der Waals surface area contributed by atoms with E-state index in [0.29, 0.717) is 0 Å². The van der Waals surface area contributed by atoms with Crippen LogP contribution in [0.3, 0.4) is 0 Å². The topological polar surface area (TPSA) is 0 Å². The Morgan fingerprint density at radius 2 is 1.16 bits per heavy atom. The highest BCUT2D eigenvalue weighted by Gasteiger charge is 2.15. The molecule has 0 atom stereocenters. The fourth-order valence-electron chi connectivity index (χ4n) is 4.57. The Bertz CT molecular complexity index is 1230. The molecule has 120 valence electrons. The first-order valence-electron chi connectivity index (χ1n) is 8.88. The molecule has 5 aromatic carbocycles. The van der Waals surface area contributed by atoms with E-state index in [9.17, 15) is 0 Å². The van der Waals surface area contributed by atoms with E-state index >= 15 is 0 Å². The van der Waals surface area contributed by atoms with Gasteiger partial charge in [0.15, 0.2) is 0 Å². The van der Waals surface area contributed by atoms with Gasteiger partial charge in [-0.1, -0.05) is 66.2 Å². The van der Waals surface area contributed by atoms with Crippen molar-refractivity contribution >= 4 is 32.3 Å². The molecule has 0 saturated heterocycles. The molecule has 5 aromatic rings. The summed E-state index contributed by atoms with van der Waals surface area (Å²) in [5.41, 5.74) is 6.77. The third-order valence-electron chi connectivity index (χ3n) is 5.45. The minimum absolute atomic E-state index is 1.32. The zero-order chi connectivity index (χ0) is 17.1. The zero-order valence-electron chi connectivity index (χ0n) is 14.9. The molecule has 5 rings (SSSR count). The standard InChI is InChI=1S/C25H20/c1-15-12-16(2)23(17(3)13-15)22-14-20-8-4-6-18-10-11-19-7-5-9-21(22)25(19)24(18)20/h4-14H,1-3H3. The molecule has 0 unspecified atom stereocenters. The van der Waals surface area contributed by atoms with Crippen LogP contribution in [0, 0.1) is 20.8 Å². The van der Waals surface area contributed by atoms with Crippen molar-refractivity contribution in [3.63, 3.8) is 0 Å². The Morgan fingerprint density at radius 1 is 0.560 bits per heavy atom. The average molecular weight is 320 g/mol. The van der Waals surface area contributed by atoms with Crippen LogP contribution in [0.1, 0.15) is 16.7 Å². The highest BCUT2D eigenvalue weighted by Crippen LogP contribution is 2.41. The third kappa shape index (κ3) is 2.01. The van der Waals surface area contributed by atoms with Gasteiger partial charge in [0, 0.05) is 0 Å². The van der Waals surface area contributed by atoms with Crippen molar-refractivity contribution in [2.75, 3.05) is 0 Å². The Morgan fingerprint density at radius 3 is 1.88 bits per heavy atom. The Labute approximate surface area is 148 Å². The van der Waals surface area contributed by atoms with Gasteiger partial charge < -0.3 is 0 Å². The van der Waals surface area contributed by atoms with Crippen molar-refractivity contribution in [3.8, 4) is 11.1 Å². The number of aryl methyl sites for hydroxylation is 3. The number of benzene rings is 5. The van der Waals surface area contributed by atoms with Crippen molar-refractivity contribution < 1.29 is 0 Å². The quantitative estimate of drug-likeness (QED) is 0.287. The summed E-state index contributed by atoms with van der Waals surface area (Å²) in [4.78, 5) is 0. The Kier molecular flexibility index (Phi) is 2.93. The van der Waals surface area contributed by atoms with E-state index in [1.54, 1.807) is 0 Å². The molecule has 0 fully saturated rings. The first-order chi connectivity index (χ1) is 12.1.